The van der Waals surface area contributed by atoms with E-state index in [4.69, 9.17) is 17.2 Å². The van der Waals surface area contributed by atoms with Gasteiger partial charge in [-0.3, -0.25) is 0 Å². The minimum Gasteiger partial charge on any atom is -0.394 e. The lowest BCUT2D eigenvalue weighted by Crippen LogP contribution is -2.18. The number of anilines is 2. The van der Waals surface area contributed by atoms with Crippen LogP contribution in [-0.4, -0.2) is 15.8 Å². The fourth-order valence-corrected chi connectivity index (χ4v) is 0.913. The maximum Gasteiger partial charge on any atom is 0.145 e. The van der Waals surface area contributed by atoms with Gasteiger partial charge in [0.15, 0.2) is 0 Å². The molecule has 1 atom stereocenters. The predicted molar refractivity (Wildman–Crippen MR) is 49.3 cm³/mol. The summed E-state index contributed by atoms with van der Waals surface area (Å²) in [7, 11) is 0. The van der Waals surface area contributed by atoms with Crippen LogP contribution in [0, 0.1) is 0 Å². The highest BCUT2D eigenvalue weighted by Crippen LogP contribution is 2.12. The van der Waals surface area contributed by atoms with Gasteiger partial charge >= 0.3 is 0 Å². The summed E-state index contributed by atoms with van der Waals surface area (Å²) in [6, 6.07) is 0.162. The first kappa shape index (κ1) is 8.86. The molecule has 0 bridgehead atoms. The Morgan fingerprint density at radius 2 is 2.25 bits per heavy atom. The number of hydrogen-bond acceptors (Lipinski definition) is 4. The fourth-order valence-electron chi connectivity index (χ4n) is 0.913. The van der Waals surface area contributed by atoms with Crippen molar-refractivity contribution in [1.82, 2.24) is 9.78 Å². The van der Waals surface area contributed by atoms with Gasteiger partial charge in [0.2, 0.25) is 0 Å². The molecule has 12 heavy (non-hydrogen) atoms. The van der Waals surface area contributed by atoms with Gasteiger partial charge < -0.3 is 17.2 Å². The van der Waals surface area contributed by atoms with Crippen molar-refractivity contribution >= 4 is 11.5 Å². The third-order valence-electron chi connectivity index (χ3n) is 1.71. The third kappa shape index (κ3) is 1.88. The van der Waals surface area contributed by atoms with Gasteiger partial charge in [0.05, 0.1) is 11.9 Å². The van der Waals surface area contributed by atoms with E-state index in [9.17, 15) is 0 Å². The van der Waals surface area contributed by atoms with Crippen molar-refractivity contribution in [3.8, 4) is 0 Å². The van der Waals surface area contributed by atoms with Crippen LogP contribution >= 0.6 is 0 Å². The molecule has 0 amide bonds. The molecule has 0 radical (unpaired) electrons. The highest BCUT2D eigenvalue weighted by Gasteiger charge is 2.03. The monoisotopic (exact) mass is 169 g/mol. The second kappa shape index (κ2) is 3.44. The summed E-state index contributed by atoms with van der Waals surface area (Å²) in [5, 5.41) is 4.00. The standard InChI is InChI=1S/C7H15N5/c1-5(8)2-3-12-7(10)6(9)4-11-12/h4-5H,2-3,8-10H2,1H3. The molecule has 0 aliphatic heterocycles. The molecule has 1 aromatic rings. The normalized spacial score (nSPS) is 13.2. The molecule has 1 unspecified atom stereocenters. The Kier molecular flexibility index (Phi) is 2.54. The lowest BCUT2D eigenvalue weighted by Gasteiger charge is -2.06. The quantitative estimate of drug-likeness (QED) is 0.583. The van der Waals surface area contributed by atoms with Gasteiger partial charge in [-0.15, -0.1) is 0 Å². The smallest absolute Gasteiger partial charge is 0.145 e. The topological polar surface area (TPSA) is 95.9 Å². The van der Waals surface area contributed by atoms with Crippen molar-refractivity contribution < 1.29 is 0 Å². The highest BCUT2D eigenvalue weighted by atomic mass is 15.3. The SMILES string of the molecule is CC(N)CCn1ncc(N)c1N. The number of nitrogens with two attached hydrogens (primary N) is 3. The number of hydrogen-bond donors (Lipinski definition) is 3. The summed E-state index contributed by atoms with van der Waals surface area (Å²) >= 11 is 0. The molecule has 0 fully saturated rings. The van der Waals surface area contributed by atoms with Gasteiger partial charge in [0, 0.05) is 12.6 Å². The maximum atomic E-state index is 5.62. The van der Waals surface area contributed by atoms with Crippen LogP contribution in [-0.2, 0) is 6.54 Å². The summed E-state index contributed by atoms with van der Waals surface area (Å²) in [5.41, 5.74) is 17.2. The van der Waals surface area contributed by atoms with Crippen molar-refractivity contribution in [1.29, 1.82) is 0 Å². The van der Waals surface area contributed by atoms with E-state index < -0.39 is 0 Å². The van der Waals surface area contributed by atoms with Crippen LogP contribution in [0.4, 0.5) is 11.5 Å². The predicted octanol–water partition coefficient (Wildman–Crippen LogP) is -0.215. The van der Waals surface area contributed by atoms with Gasteiger partial charge in [-0.2, -0.15) is 5.10 Å². The molecule has 0 aromatic carbocycles. The van der Waals surface area contributed by atoms with Gasteiger partial charge in [0.1, 0.15) is 5.82 Å². The Morgan fingerprint density at radius 1 is 1.58 bits per heavy atom. The fraction of sp³-hybridized carbons (Fsp3) is 0.571. The third-order valence-corrected chi connectivity index (χ3v) is 1.71. The number of rotatable bonds is 3. The summed E-state index contributed by atoms with van der Waals surface area (Å²) in [5.74, 6) is 0.524. The summed E-state index contributed by atoms with van der Waals surface area (Å²) < 4.78 is 1.67. The molecule has 0 saturated heterocycles. The van der Waals surface area contributed by atoms with Crippen LogP contribution in [0.3, 0.4) is 0 Å². The molecule has 5 heteroatoms. The summed E-state index contributed by atoms with van der Waals surface area (Å²) in [4.78, 5) is 0. The van der Waals surface area contributed by atoms with Crippen LogP contribution in [0.1, 0.15) is 13.3 Å². The van der Waals surface area contributed by atoms with Crippen molar-refractivity contribution in [3.63, 3.8) is 0 Å². The molecular formula is C7H15N5. The molecule has 1 heterocycles. The Hall–Kier alpha value is -1.23. The molecule has 0 aliphatic carbocycles. The number of aryl methyl sites for hydroxylation is 1. The highest BCUT2D eigenvalue weighted by molar-refractivity contribution is 5.56. The molecule has 6 N–H and O–H groups in total. The van der Waals surface area contributed by atoms with Gasteiger partial charge in [-0.25, -0.2) is 4.68 Å². The average Bonchev–Trinajstić information content (AvgIpc) is 2.30. The zero-order chi connectivity index (χ0) is 9.14. The van der Waals surface area contributed by atoms with Crippen LogP contribution < -0.4 is 17.2 Å². The van der Waals surface area contributed by atoms with E-state index in [1.807, 2.05) is 6.92 Å². The van der Waals surface area contributed by atoms with E-state index in [0.29, 0.717) is 11.5 Å². The lowest BCUT2D eigenvalue weighted by molar-refractivity contribution is 0.536. The van der Waals surface area contributed by atoms with Crippen LogP contribution in [0.5, 0.6) is 0 Å². The first-order chi connectivity index (χ1) is 5.61. The van der Waals surface area contributed by atoms with E-state index in [1.54, 1.807) is 10.9 Å². The number of nitrogens with zero attached hydrogens (tertiary/aromatic N) is 2. The number of aromatic nitrogens is 2. The number of nitrogen functional groups attached to an aromatic ring is 2. The zero-order valence-electron chi connectivity index (χ0n) is 7.20. The molecule has 0 aliphatic rings. The zero-order valence-corrected chi connectivity index (χ0v) is 7.20. The van der Waals surface area contributed by atoms with Gasteiger partial charge in [-0.1, -0.05) is 0 Å². The molecule has 1 aromatic heterocycles. The summed E-state index contributed by atoms with van der Waals surface area (Å²) in [6.07, 6.45) is 2.40. The van der Waals surface area contributed by atoms with E-state index >= 15 is 0 Å². The minimum absolute atomic E-state index is 0.162. The van der Waals surface area contributed by atoms with Crippen molar-refractivity contribution in [3.05, 3.63) is 6.20 Å². The molecule has 0 saturated carbocycles. The largest absolute Gasteiger partial charge is 0.394 e. The summed E-state index contributed by atoms with van der Waals surface area (Å²) in [6.45, 7) is 2.67. The van der Waals surface area contributed by atoms with Crippen molar-refractivity contribution in [2.24, 2.45) is 5.73 Å². The average molecular weight is 169 g/mol. The van der Waals surface area contributed by atoms with Crippen LogP contribution in [0.15, 0.2) is 6.20 Å². The Bertz CT molecular complexity index is 252. The van der Waals surface area contributed by atoms with E-state index in [0.717, 1.165) is 13.0 Å². The Morgan fingerprint density at radius 3 is 2.67 bits per heavy atom. The minimum atomic E-state index is 0.162. The van der Waals surface area contributed by atoms with Crippen molar-refractivity contribution in [2.75, 3.05) is 11.5 Å². The van der Waals surface area contributed by atoms with E-state index in [-0.39, 0.29) is 6.04 Å². The maximum absolute atomic E-state index is 5.62. The van der Waals surface area contributed by atoms with Gasteiger partial charge in [0.25, 0.3) is 0 Å². The second-order valence-electron chi connectivity index (χ2n) is 2.97. The van der Waals surface area contributed by atoms with Gasteiger partial charge in [-0.05, 0) is 13.3 Å². The molecule has 1 rings (SSSR count). The van der Waals surface area contributed by atoms with Crippen LogP contribution in [0.25, 0.3) is 0 Å². The van der Waals surface area contributed by atoms with Crippen LogP contribution in [0.2, 0.25) is 0 Å². The van der Waals surface area contributed by atoms with E-state index in [1.165, 1.54) is 0 Å². The lowest BCUT2D eigenvalue weighted by atomic mass is 10.2. The molecule has 0 spiro atoms. The first-order valence-electron chi connectivity index (χ1n) is 3.93. The van der Waals surface area contributed by atoms with E-state index in [2.05, 4.69) is 5.10 Å². The first-order valence-corrected chi connectivity index (χ1v) is 3.93. The molecular weight excluding hydrogens is 154 g/mol. The Balaban J connectivity index is 2.58. The molecule has 68 valence electrons. The Labute approximate surface area is 71.5 Å². The van der Waals surface area contributed by atoms with Crippen molar-refractivity contribution in [2.45, 2.75) is 25.9 Å². The second-order valence-corrected chi connectivity index (χ2v) is 2.97. The molecule has 5 nitrogen and oxygen atoms in total.